The third-order valence-corrected chi connectivity index (χ3v) is 1.22. The van der Waals surface area contributed by atoms with Crippen molar-refractivity contribution in [1.29, 1.82) is 0 Å². The van der Waals surface area contributed by atoms with Gasteiger partial charge in [0.05, 0.1) is 0 Å². The lowest BCUT2D eigenvalue weighted by Crippen LogP contribution is -2.08. The van der Waals surface area contributed by atoms with Gasteiger partial charge in [-0.3, -0.25) is 0 Å². The lowest BCUT2D eigenvalue weighted by atomic mass is 10.5. The molecule has 0 saturated heterocycles. The lowest BCUT2D eigenvalue weighted by molar-refractivity contribution is -0.0666. The lowest BCUT2D eigenvalue weighted by Gasteiger charge is -2.06. The summed E-state index contributed by atoms with van der Waals surface area (Å²) in [6.07, 6.45) is 3.56. The van der Waals surface area contributed by atoms with Crippen LogP contribution in [-0.2, 0) is 9.47 Å². The second-order valence-electron chi connectivity index (χ2n) is 1.42. The van der Waals surface area contributed by atoms with E-state index in [1.165, 1.54) is 0 Å². The van der Waals surface area contributed by atoms with Crippen molar-refractivity contribution in [2.45, 2.75) is 6.29 Å². The van der Waals surface area contributed by atoms with Crippen molar-refractivity contribution in [1.82, 2.24) is 0 Å². The molecule has 0 amide bonds. The number of hydrogen-bond donors (Lipinski definition) is 0. The van der Waals surface area contributed by atoms with E-state index >= 15 is 0 Å². The highest BCUT2D eigenvalue weighted by Gasteiger charge is 1.94. The average molecular weight is 195 g/mol. The van der Waals surface area contributed by atoms with Crippen LogP contribution in [0.1, 0.15) is 0 Å². The molecule has 0 N–H and O–H groups in total. The van der Waals surface area contributed by atoms with Crippen molar-refractivity contribution in [3.8, 4) is 0 Å². The first-order valence-electron chi connectivity index (χ1n) is 2.63. The van der Waals surface area contributed by atoms with E-state index in [-0.39, 0.29) is 6.29 Å². The molecule has 0 heterocycles. The first-order valence-corrected chi connectivity index (χ1v) is 3.75. The Morgan fingerprint density at radius 2 is 2.00 bits per heavy atom. The molecule has 0 radical (unpaired) electrons. The first-order chi connectivity index (χ1) is 4.35. The Labute approximate surface area is 64.0 Å². The topological polar surface area (TPSA) is 18.5 Å². The van der Waals surface area contributed by atoms with Gasteiger partial charge in [0.25, 0.3) is 0 Å². The SMILES string of the molecule is COC(C=CCBr)OC. The van der Waals surface area contributed by atoms with Crippen LogP contribution in [0.15, 0.2) is 12.2 Å². The summed E-state index contributed by atoms with van der Waals surface area (Å²) in [5.74, 6) is 0. The van der Waals surface area contributed by atoms with Crippen LogP contribution in [0.3, 0.4) is 0 Å². The zero-order chi connectivity index (χ0) is 7.11. The minimum atomic E-state index is -0.206. The van der Waals surface area contributed by atoms with Crippen molar-refractivity contribution in [3.63, 3.8) is 0 Å². The van der Waals surface area contributed by atoms with E-state index in [1.807, 2.05) is 12.2 Å². The Hall–Kier alpha value is 0.140. The molecule has 0 fully saturated rings. The largest absolute Gasteiger partial charge is 0.352 e. The highest BCUT2D eigenvalue weighted by molar-refractivity contribution is 9.09. The smallest absolute Gasteiger partial charge is 0.176 e. The zero-order valence-corrected chi connectivity index (χ0v) is 7.22. The molecule has 0 rings (SSSR count). The fourth-order valence-corrected chi connectivity index (χ4v) is 0.632. The summed E-state index contributed by atoms with van der Waals surface area (Å²) in [6, 6.07) is 0. The average Bonchev–Trinajstić information content (AvgIpc) is 1.91. The van der Waals surface area contributed by atoms with E-state index in [4.69, 9.17) is 9.47 Å². The summed E-state index contributed by atoms with van der Waals surface area (Å²) >= 11 is 3.24. The number of ether oxygens (including phenoxy) is 2. The molecule has 0 aliphatic carbocycles. The fourth-order valence-electron chi connectivity index (χ4n) is 0.416. The maximum Gasteiger partial charge on any atom is 0.176 e. The van der Waals surface area contributed by atoms with E-state index in [2.05, 4.69) is 15.9 Å². The molecule has 0 spiro atoms. The van der Waals surface area contributed by atoms with E-state index < -0.39 is 0 Å². The van der Waals surface area contributed by atoms with E-state index in [0.29, 0.717) is 0 Å². The first kappa shape index (κ1) is 9.14. The van der Waals surface area contributed by atoms with Crippen LogP contribution in [0.4, 0.5) is 0 Å². The van der Waals surface area contributed by atoms with Crippen LogP contribution in [0.2, 0.25) is 0 Å². The Morgan fingerprint density at radius 1 is 1.44 bits per heavy atom. The predicted octanol–water partition coefficient (Wildman–Crippen LogP) is 1.56. The van der Waals surface area contributed by atoms with Crippen LogP contribution in [0.25, 0.3) is 0 Å². The van der Waals surface area contributed by atoms with E-state index in [1.54, 1.807) is 14.2 Å². The molecule has 2 nitrogen and oxygen atoms in total. The summed E-state index contributed by atoms with van der Waals surface area (Å²) < 4.78 is 9.74. The Morgan fingerprint density at radius 3 is 2.33 bits per heavy atom. The quantitative estimate of drug-likeness (QED) is 0.385. The highest BCUT2D eigenvalue weighted by Crippen LogP contribution is 1.93. The van der Waals surface area contributed by atoms with Gasteiger partial charge in [0, 0.05) is 19.5 Å². The molecule has 0 aromatic heterocycles. The minimum absolute atomic E-state index is 0.206. The van der Waals surface area contributed by atoms with Crippen molar-refractivity contribution in [2.75, 3.05) is 19.5 Å². The van der Waals surface area contributed by atoms with Gasteiger partial charge in [-0.15, -0.1) is 0 Å². The molecule has 0 bridgehead atoms. The molecule has 54 valence electrons. The molecule has 0 saturated carbocycles. The van der Waals surface area contributed by atoms with Gasteiger partial charge in [0.15, 0.2) is 6.29 Å². The molecular formula is C6H11BrO2. The third kappa shape index (κ3) is 4.63. The predicted molar refractivity (Wildman–Crippen MR) is 40.7 cm³/mol. The molecule has 0 atom stereocenters. The Kier molecular flexibility index (Phi) is 6.36. The number of halogens is 1. The van der Waals surface area contributed by atoms with E-state index in [9.17, 15) is 0 Å². The van der Waals surface area contributed by atoms with Gasteiger partial charge in [0.2, 0.25) is 0 Å². The second-order valence-corrected chi connectivity index (χ2v) is 2.07. The van der Waals surface area contributed by atoms with Crippen molar-refractivity contribution >= 4 is 15.9 Å². The zero-order valence-electron chi connectivity index (χ0n) is 5.63. The monoisotopic (exact) mass is 194 g/mol. The van der Waals surface area contributed by atoms with Gasteiger partial charge in [-0.05, 0) is 6.08 Å². The molecule has 0 aliphatic rings. The maximum atomic E-state index is 4.87. The normalized spacial score (nSPS) is 11.6. The summed E-state index contributed by atoms with van der Waals surface area (Å²) in [7, 11) is 3.21. The third-order valence-electron chi connectivity index (χ3n) is 0.847. The minimum Gasteiger partial charge on any atom is -0.352 e. The molecular weight excluding hydrogens is 184 g/mol. The van der Waals surface area contributed by atoms with Gasteiger partial charge in [-0.2, -0.15) is 0 Å². The molecule has 9 heavy (non-hydrogen) atoms. The molecule has 0 unspecified atom stereocenters. The number of rotatable bonds is 4. The van der Waals surface area contributed by atoms with Gasteiger partial charge in [-0.1, -0.05) is 22.0 Å². The fraction of sp³-hybridized carbons (Fsp3) is 0.667. The second kappa shape index (κ2) is 6.26. The number of allylic oxidation sites excluding steroid dienone is 1. The Balaban J connectivity index is 3.41. The van der Waals surface area contributed by atoms with Crippen LogP contribution in [-0.4, -0.2) is 25.8 Å². The van der Waals surface area contributed by atoms with Crippen molar-refractivity contribution in [3.05, 3.63) is 12.2 Å². The van der Waals surface area contributed by atoms with Crippen LogP contribution < -0.4 is 0 Å². The Bertz CT molecular complexity index is 79.1. The molecule has 0 aromatic carbocycles. The van der Waals surface area contributed by atoms with Gasteiger partial charge in [0.1, 0.15) is 0 Å². The number of alkyl halides is 1. The van der Waals surface area contributed by atoms with E-state index in [0.717, 1.165) is 5.33 Å². The van der Waals surface area contributed by atoms with Crippen molar-refractivity contribution in [2.24, 2.45) is 0 Å². The maximum absolute atomic E-state index is 4.87. The van der Waals surface area contributed by atoms with Crippen LogP contribution in [0, 0.1) is 0 Å². The number of hydrogen-bond acceptors (Lipinski definition) is 2. The standard InChI is InChI=1S/C6H11BrO2/c1-8-6(9-2)4-3-5-7/h3-4,6H,5H2,1-2H3. The van der Waals surface area contributed by atoms with Crippen LogP contribution in [0.5, 0.6) is 0 Å². The summed E-state index contributed by atoms with van der Waals surface area (Å²) in [6.45, 7) is 0. The van der Waals surface area contributed by atoms with Gasteiger partial charge in [-0.25, -0.2) is 0 Å². The molecule has 0 aliphatic heterocycles. The van der Waals surface area contributed by atoms with Gasteiger partial charge >= 0.3 is 0 Å². The van der Waals surface area contributed by atoms with Crippen molar-refractivity contribution < 1.29 is 9.47 Å². The summed E-state index contributed by atoms with van der Waals surface area (Å²) in [4.78, 5) is 0. The van der Waals surface area contributed by atoms with Crippen LogP contribution >= 0.6 is 15.9 Å². The molecule has 3 heteroatoms. The van der Waals surface area contributed by atoms with Gasteiger partial charge < -0.3 is 9.47 Å². The molecule has 0 aromatic rings. The highest BCUT2D eigenvalue weighted by atomic mass is 79.9. The number of methoxy groups -OCH3 is 2. The summed E-state index contributed by atoms with van der Waals surface area (Å²) in [5.41, 5.74) is 0. The summed E-state index contributed by atoms with van der Waals surface area (Å²) in [5, 5.41) is 0.830.